The predicted molar refractivity (Wildman–Crippen MR) is 176 cm³/mol. The highest BCUT2D eigenvalue weighted by Crippen LogP contribution is 2.38. The molecule has 40 heavy (non-hydrogen) atoms. The number of nitrogens with zero attached hydrogens (tertiary/aromatic N) is 2. The van der Waals surface area contributed by atoms with Gasteiger partial charge < -0.3 is 0 Å². The average Bonchev–Trinajstić information content (AvgIpc) is 2.97. The van der Waals surface area contributed by atoms with E-state index in [2.05, 4.69) is 125 Å². The van der Waals surface area contributed by atoms with Crippen LogP contribution in [0, 0.1) is 13.8 Å². The zero-order valence-electron chi connectivity index (χ0n) is 23.7. The molecule has 0 amide bonds. The molecular weight excluding hydrogens is 484 g/mol. The Morgan fingerprint density at radius 3 is 2.23 bits per heavy atom. The first kappa shape index (κ1) is 26.8. The number of benzene rings is 4. The van der Waals surface area contributed by atoms with Crippen molar-refractivity contribution < 1.29 is 0 Å². The molecule has 0 atom stereocenters. The molecule has 2 nitrogen and oxygen atoms in total. The van der Waals surface area contributed by atoms with Crippen molar-refractivity contribution in [1.82, 2.24) is 4.98 Å². The molecule has 4 aromatic carbocycles. The number of hydrogen-bond donors (Lipinski definition) is 0. The lowest BCUT2D eigenvalue weighted by Crippen LogP contribution is -1.94. The Bertz CT molecular complexity index is 1850. The first-order valence-electron chi connectivity index (χ1n) is 13.6. The van der Waals surface area contributed by atoms with Crippen molar-refractivity contribution in [2.45, 2.75) is 27.7 Å². The molecule has 0 saturated carbocycles. The number of hydrogen-bond acceptors (Lipinski definition) is 2. The van der Waals surface area contributed by atoms with Crippen LogP contribution in [0.15, 0.2) is 127 Å². The molecule has 0 fully saturated rings. The molecule has 0 saturated heterocycles. The molecular formula is C38H34N2. The second-order valence-electron chi connectivity index (χ2n) is 10.0. The Balaban J connectivity index is 1.58. The van der Waals surface area contributed by atoms with Gasteiger partial charge in [-0.15, -0.1) is 0 Å². The van der Waals surface area contributed by atoms with Gasteiger partial charge in [-0.05, 0) is 79.3 Å². The minimum atomic E-state index is 0.916. The summed E-state index contributed by atoms with van der Waals surface area (Å²) in [5, 5.41) is 2.33. The van der Waals surface area contributed by atoms with Crippen molar-refractivity contribution in [3.63, 3.8) is 0 Å². The number of pyridine rings is 1. The number of aromatic nitrogens is 1. The molecule has 5 rings (SSSR count). The third kappa shape index (κ3) is 5.09. The third-order valence-corrected chi connectivity index (χ3v) is 7.37. The van der Waals surface area contributed by atoms with Gasteiger partial charge in [-0.3, -0.25) is 4.99 Å². The third-order valence-electron chi connectivity index (χ3n) is 7.37. The van der Waals surface area contributed by atoms with Gasteiger partial charge in [-0.1, -0.05) is 104 Å². The van der Waals surface area contributed by atoms with Crippen molar-refractivity contribution in [3.8, 4) is 22.3 Å². The van der Waals surface area contributed by atoms with E-state index >= 15 is 0 Å². The summed E-state index contributed by atoms with van der Waals surface area (Å²) >= 11 is 0. The number of aliphatic imine (C=N–C) groups is 1. The Hall–Kier alpha value is -4.82. The summed E-state index contributed by atoms with van der Waals surface area (Å²) in [5.74, 6) is 0. The minimum Gasteiger partial charge on any atom is -0.253 e. The van der Waals surface area contributed by atoms with Gasteiger partial charge in [0.25, 0.3) is 0 Å². The Labute approximate surface area is 237 Å². The molecule has 0 bridgehead atoms. The van der Waals surface area contributed by atoms with Crippen LogP contribution in [0.1, 0.15) is 30.5 Å². The maximum atomic E-state index is 5.10. The monoisotopic (exact) mass is 518 g/mol. The second-order valence-corrected chi connectivity index (χ2v) is 10.0. The van der Waals surface area contributed by atoms with Crippen molar-refractivity contribution in [1.29, 1.82) is 0 Å². The van der Waals surface area contributed by atoms with Gasteiger partial charge in [0.15, 0.2) is 0 Å². The lowest BCUT2D eigenvalue weighted by Gasteiger charge is -2.15. The van der Waals surface area contributed by atoms with Gasteiger partial charge in [0.2, 0.25) is 0 Å². The maximum Gasteiger partial charge on any atom is 0.0790 e. The number of para-hydroxylation sites is 1. The second kappa shape index (κ2) is 11.5. The first-order chi connectivity index (χ1) is 19.4. The molecule has 0 aliphatic carbocycles. The molecule has 0 radical (unpaired) electrons. The number of fused-ring (bicyclic) bond motifs is 2. The molecule has 0 aliphatic heterocycles. The van der Waals surface area contributed by atoms with Crippen molar-refractivity contribution in [2.24, 2.45) is 4.99 Å². The van der Waals surface area contributed by atoms with Crippen LogP contribution in [0.3, 0.4) is 0 Å². The summed E-state index contributed by atoms with van der Waals surface area (Å²) in [5.41, 5.74) is 13.2. The molecule has 0 spiro atoms. The summed E-state index contributed by atoms with van der Waals surface area (Å²) in [7, 11) is 0. The van der Waals surface area contributed by atoms with Crippen LogP contribution in [0.2, 0.25) is 0 Å². The van der Waals surface area contributed by atoms with Crippen LogP contribution < -0.4 is 0 Å². The largest absolute Gasteiger partial charge is 0.253 e. The molecule has 196 valence electrons. The van der Waals surface area contributed by atoms with E-state index in [4.69, 9.17) is 9.98 Å². The highest BCUT2D eigenvalue weighted by molar-refractivity contribution is 6.11. The SMILES string of the molecule is C=C/C=C(\C=C)C(C)=Nc1ccc(-c2ccc(-c3c4ccccc4nc4c(/C=C\C)c(C)ccc34)cc2)cc1C. The molecule has 0 aliphatic rings. The fraction of sp³-hybridized carbons (Fsp3) is 0.105. The quantitative estimate of drug-likeness (QED) is 0.119. The standard InChI is InChI=1S/C38H34N2/c1-7-12-28(9-3)27(6)39-35-23-21-31(24-26(35)5)29-17-19-30(20-18-29)37-33-14-10-11-15-36(33)40-38-32(13-8-2)25(4)16-22-34(37)38/h7-24H,1,3H2,2,4-6H3/b13-8-,28-12+,39-27?. The zero-order chi connectivity index (χ0) is 28.2. The highest BCUT2D eigenvalue weighted by Gasteiger charge is 2.14. The van der Waals surface area contributed by atoms with E-state index in [-0.39, 0.29) is 0 Å². The van der Waals surface area contributed by atoms with Gasteiger partial charge in [-0.2, -0.15) is 0 Å². The topological polar surface area (TPSA) is 25.2 Å². The normalized spacial score (nSPS) is 12.4. The fourth-order valence-electron chi connectivity index (χ4n) is 5.27. The van der Waals surface area contributed by atoms with Gasteiger partial charge in [-0.25, -0.2) is 4.98 Å². The molecule has 5 aromatic rings. The number of aryl methyl sites for hydroxylation is 2. The van der Waals surface area contributed by atoms with E-state index in [9.17, 15) is 0 Å². The van der Waals surface area contributed by atoms with E-state index in [0.717, 1.165) is 39.0 Å². The van der Waals surface area contributed by atoms with Crippen LogP contribution in [-0.2, 0) is 0 Å². The van der Waals surface area contributed by atoms with Crippen LogP contribution in [0.25, 0.3) is 50.1 Å². The zero-order valence-corrected chi connectivity index (χ0v) is 23.7. The van der Waals surface area contributed by atoms with Crippen LogP contribution in [0.5, 0.6) is 0 Å². The Morgan fingerprint density at radius 1 is 0.800 bits per heavy atom. The first-order valence-corrected chi connectivity index (χ1v) is 13.6. The van der Waals surface area contributed by atoms with E-state index in [0.29, 0.717) is 0 Å². The highest BCUT2D eigenvalue weighted by atomic mass is 14.7. The number of allylic oxidation sites excluding steroid dienone is 5. The van der Waals surface area contributed by atoms with E-state index in [1.807, 2.05) is 19.1 Å². The maximum absolute atomic E-state index is 5.10. The molecule has 1 heterocycles. The summed E-state index contributed by atoms with van der Waals surface area (Å²) in [6, 6.07) is 28.2. The smallest absolute Gasteiger partial charge is 0.0790 e. The van der Waals surface area contributed by atoms with Crippen LogP contribution in [0.4, 0.5) is 5.69 Å². The van der Waals surface area contributed by atoms with Gasteiger partial charge in [0, 0.05) is 27.6 Å². The van der Waals surface area contributed by atoms with Gasteiger partial charge >= 0.3 is 0 Å². The summed E-state index contributed by atoms with van der Waals surface area (Å²) in [4.78, 5) is 9.94. The van der Waals surface area contributed by atoms with Gasteiger partial charge in [0.1, 0.15) is 0 Å². The minimum absolute atomic E-state index is 0.916. The van der Waals surface area contributed by atoms with E-state index < -0.39 is 0 Å². The summed E-state index contributed by atoms with van der Waals surface area (Å²) < 4.78 is 0. The van der Waals surface area contributed by atoms with Crippen LogP contribution >= 0.6 is 0 Å². The van der Waals surface area contributed by atoms with E-state index in [1.54, 1.807) is 6.08 Å². The van der Waals surface area contributed by atoms with E-state index in [1.165, 1.54) is 38.8 Å². The van der Waals surface area contributed by atoms with Crippen molar-refractivity contribution in [2.75, 3.05) is 0 Å². The molecule has 2 heteroatoms. The lowest BCUT2D eigenvalue weighted by molar-refractivity contribution is 1.38. The predicted octanol–water partition coefficient (Wildman–Crippen LogP) is 10.8. The molecule has 1 aromatic heterocycles. The molecule has 0 unspecified atom stereocenters. The Kier molecular flexibility index (Phi) is 7.70. The van der Waals surface area contributed by atoms with Gasteiger partial charge in [0.05, 0.1) is 16.7 Å². The summed E-state index contributed by atoms with van der Waals surface area (Å²) in [6.45, 7) is 16.0. The van der Waals surface area contributed by atoms with Crippen molar-refractivity contribution >= 4 is 39.3 Å². The van der Waals surface area contributed by atoms with Crippen molar-refractivity contribution in [3.05, 3.63) is 139 Å². The average molecular weight is 519 g/mol. The summed E-state index contributed by atoms with van der Waals surface area (Å²) in [6.07, 6.45) is 9.74. The lowest BCUT2D eigenvalue weighted by atomic mass is 9.92. The Morgan fingerprint density at radius 2 is 1.52 bits per heavy atom. The fourth-order valence-corrected chi connectivity index (χ4v) is 5.27. The number of rotatable bonds is 7. The molecule has 0 N–H and O–H groups in total. The van der Waals surface area contributed by atoms with Crippen LogP contribution in [-0.4, -0.2) is 10.7 Å².